The summed E-state index contributed by atoms with van der Waals surface area (Å²) in [6.45, 7) is 1.25. The first-order chi connectivity index (χ1) is 11.0. The molecule has 1 aliphatic rings. The number of hydrogen-bond donors (Lipinski definition) is 2. The van der Waals surface area contributed by atoms with Gasteiger partial charge in [0, 0.05) is 29.2 Å². The molecule has 0 aliphatic carbocycles. The van der Waals surface area contributed by atoms with Crippen molar-refractivity contribution in [3.8, 4) is 5.75 Å². The summed E-state index contributed by atoms with van der Waals surface area (Å²) in [5.41, 5.74) is 2.24. The molecule has 2 heterocycles. The van der Waals surface area contributed by atoms with Crippen LogP contribution < -0.4 is 14.8 Å². The van der Waals surface area contributed by atoms with Crippen molar-refractivity contribution in [3.63, 3.8) is 0 Å². The Bertz CT molecular complexity index is 823. The number of sulfonamides is 1. The molecule has 3 rings (SSSR count). The molecule has 2 N–H and O–H groups in total. The van der Waals surface area contributed by atoms with E-state index >= 15 is 0 Å². The highest BCUT2D eigenvalue weighted by Gasteiger charge is 2.17. The van der Waals surface area contributed by atoms with Crippen molar-refractivity contribution in [2.45, 2.75) is 17.9 Å². The number of pyridine rings is 1. The Kier molecular flexibility index (Phi) is 4.56. The van der Waals surface area contributed by atoms with Crippen LogP contribution in [0.5, 0.6) is 5.75 Å². The molecular weight excluding hydrogens is 382 g/mol. The molecule has 8 heteroatoms. The van der Waals surface area contributed by atoms with Crippen LogP contribution in [0.1, 0.15) is 11.1 Å². The minimum atomic E-state index is -3.46. The average Bonchev–Trinajstić information content (AvgIpc) is 3.01. The number of fused-ring (bicyclic) bond motifs is 1. The number of anilines is 1. The second-order valence-electron chi connectivity index (χ2n) is 5.09. The minimum Gasteiger partial charge on any atom is -0.493 e. The van der Waals surface area contributed by atoms with Crippen molar-refractivity contribution in [2.24, 2.45) is 0 Å². The summed E-state index contributed by atoms with van der Waals surface area (Å²) in [6.07, 6.45) is 2.24. The van der Waals surface area contributed by atoms with Crippen molar-refractivity contribution >= 4 is 31.8 Å². The summed E-state index contributed by atoms with van der Waals surface area (Å²) in [6, 6.07) is 7.24. The van der Waals surface area contributed by atoms with Crippen LogP contribution in [0.4, 0.5) is 5.82 Å². The molecule has 0 fully saturated rings. The molecule has 0 amide bonds. The second kappa shape index (κ2) is 6.46. The molecule has 122 valence electrons. The van der Waals surface area contributed by atoms with Crippen LogP contribution in [0.25, 0.3) is 0 Å². The summed E-state index contributed by atoms with van der Waals surface area (Å²) in [4.78, 5) is 4.28. The van der Waals surface area contributed by atoms with Gasteiger partial charge in [-0.15, -0.1) is 0 Å². The zero-order valence-electron chi connectivity index (χ0n) is 12.5. The van der Waals surface area contributed by atoms with E-state index in [0.717, 1.165) is 22.2 Å². The van der Waals surface area contributed by atoms with Gasteiger partial charge in [0.25, 0.3) is 0 Å². The summed E-state index contributed by atoms with van der Waals surface area (Å²) in [5.74, 6) is 1.53. The molecule has 0 saturated carbocycles. The third-order valence-electron chi connectivity index (χ3n) is 3.60. The predicted octanol–water partition coefficient (Wildman–Crippen LogP) is 2.30. The van der Waals surface area contributed by atoms with Gasteiger partial charge in [-0.3, -0.25) is 0 Å². The van der Waals surface area contributed by atoms with Gasteiger partial charge in [0.15, 0.2) is 0 Å². The lowest BCUT2D eigenvalue weighted by Crippen LogP contribution is -2.18. The van der Waals surface area contributed by atoms with Crippen LogP contribution in [-0.4, -0.2) is 27.1 Å². The standard InChI is InChI=1S/C15H16BrN3O3S/c1-17-23(20,21)13-2-3-14(19-9-13)18-8-11-7-12(16)6-10-4-5-22-15(10)11/h2-3,6-7,9,17H,4-5,8H2,1H3,(H,18,19). The maximum atomic E-state index is 11.7. The van der Waals surface area contributed by atoms with E-state index in [4.69, 9.17) is 4.74 Å². The highest BCUT2D eigenvalue weighted by Crippen LogP contribution is 2.33. The Morgan fingerprint density at radius 1 is 1.35 bits per heavy atom. The molecule has 1 aliphatic heterocycles. The monoisotopic (exact) mass is 397 g/mol. The van der Waals surface area contributed by atoms with Gasteiger partial charge in [0.1, 0.15) is 16.5 Å². The lowest BCUT2D eigenvalue weighted by Gasteiger charge is -2.11. The highest BCUT2D eigenvalue weighted by atomic mass is 79.9. The number of nitrogens with one attached hydrogen (secondary N) is 2. The van der Waals surface area contributed by atoms with E-state index in [1.807, 2.05) is 6.07 Å². The molecule has 0 atom stereocenters. The number of ether oxygens (including phenoxy) is 1. The lowest BCUT2D eigenvalue weighted by atomic mass is 10.1. The number of hydrogen-bond acceptors (Lipinski definition) is 5. The van der Waals surface area contributed by atoms with Crippen molar-refractivity contribution in [1.82, 2.24) is 9.71 Å². The second-order valence-corrected chi connectivity index (χ2v) is 7.89. The zero-order chi connectivity index (χ0) is 16.4. The predicted molar refractivity (Wildman–Crippen MR) is 91.2 cm³/mol. The third kappa shape index (κ3) is 3.49. The molecule has 0 bridgehead atoms. The summed E-state index contributed by atoms with van der Waals surface area (Å²) in [7, 11) is -2.09. The van der Waals surface area contributed by atoms with Crippen molar-refractivity contribution in [1.29, 1.82) is 0 Å². The van der Waals surface area contributed by atoms with Gasteiger partial charge in [0.05, 0.1) is 6.61 Å². The van der Waals surface area contributed by atoms with E-state index < -0.39 is 10.0 Å². The van der Waals surface area contributed by atoms with E-state index in [1.54, 1.807) is 6.07 Å². The van der Waals surface area contributed by atoms with Crippen LogP contribution >= 0.6 is 15.9 Å². The molecule has 23 heavy (non-hydrogen) atoms. The van der Waals surface area contributed by atoms with Crippen LogP contribution in [0, 0.1) is 0 Å². The quantitative estimate of drug-likeness (QED) is 0.808. The van der Waals surface area contributed by atoms with E-state index in [9.17, 15) is 8.42 Å². The Morgan fingerprint density at radius 3 is 2.87 bits per heavy atom. The van der Waals surface area contributed by atoms with Gasteiger partial charge in [-0.1, -0.05) is 15.9 Å². The number of rotatable bonds is 5. The van der Waals surface area contributed by atoms with E-state index in [2.05, 4.69) is 37.0 Å². The molecular formula is C15H16BrN3O3S. The highest BCUT2D eigenvalue weighted by molar-refractivity contribution is 9.10. The number of aromatic nitrogens is 1. The van der Waals surface area contributed by atoms with Crippen molar-refractivity contribution in [3.05, 3.63) is 46.1 Å². The molecule has 0 radical (unpaired) electrons. The van der Waals surface area contributed by atoms with Crippen molar-refractivity contribution in [2.75, 3.05) is 19.0 Å². The van der Waals surface area contributed by atoms with Crippen LogP contribution in [-0.2, 0) is 23.0 Å². The first kappa shape index (κ1) is 16.2. The molecule has 0 saturated heterocycles. The maximum Gasteiger partial charge on any atom is 0.241 e. The van der Waals surface area contributed by atoms with Crippen LogP contribution in [0.2, 0.25) is 0 Å². The van der Waals surface area contributed by atoms with Gasteiger partial charge < -0.3 is 10.1 Å². The average molecular weight is 398 g/mol. The Balaban J connectivity index is 1.75. The van der Waals surface area contributed by atoms with Gasteiger partial charge in [-0.25, -0.2) is 18.1 Å². The van der Waals surface area contributed by atoms with Gasteiger partial charge in [-0.05, 0) is 36.9 Å². The Morgan fingerprint density at radius 2 is 2.17 bits per heavy atom. The smallest absolute Gasteiger partial charge is 0.241 e. The van der Waals surface area contributed by atoms with E-state index in [-0.39, 0.29) is 4.90 Å². The van der Waals surface area contributed by atoms with Crippen molar-refractivity contribution < 1.29 is 13.2 Å². The Hall–Kier alpha value is -1.64. The van der Waals surface area contributed by atoms with E-state index in [1.165, 1.54) is 24.9 Å². The SMILES string of the molecule is CNS(=O)(=O)c1ccc(NCc2cc(Br)cc3c2OCC3)nc1. The van der Waals surface area contributed by atoms with Crippen LogP contribution in [0.15, 0.2) is 39.8 Å². The first-order valence-corrected chi connectivity index (χ1v) is 9.35. The fraction of sp³-hybridized carbons (Fsp3) is 0.267. The van der Waals surface area contributed by atoms with Gasteiger partial charge >= 0.3 is 0 Å². The number of nitrogens with zero attached hydrogens (tertiary/aromatic N) is 1. The Labute approximate surface area is 143 Å². The normalized spacial score (nSPS) is 13.5. The fourth-order valence-corrected chi connectivity index (χ4v) is 3.65. The fourth-order valence-electron chi connectivity index (χ4n) is 2.42. The lowest BCUT2D eigenvalue weighted by molar-refractivity contribution is 0.354. The number of halogens is 1. The minimum absolute atomic E-state index is 0.136. The molecule has 2 aromatic rings. The molecule has 0 unspecified atom stereocenters. The van der Waals surface area contributed by atoms with Crippen LogP contribution in [0.3, 0.4) is 0 Å². The molecule has 1 aromatic carbocycles. The summed E-state index contributed by atoms with van der Waals surface area (Å²) in [5, 5.41) is 3.19. The maximum absolute atomic E-state index is 11.7. The molecule has 6 nitrogen and oxygen atoms in total. The van der Waals surface area contributed by atoms with Gasteiger partial charge in [-0.2, -0.15) is 0 Å². The number of benzene rings is 1. The van der Waals surface area contributed by atoms with E-state index in [0.29, 0.717) is 19.0 Å². The topological polar surface area (TPSA) is 80.3 Å². The largest absolute Gasteiger partial charge is 0.493 e. The first-order valence-electron chi connectivity index (χ1n) is 7.07. The van der Waals surface area contributed by atoms with Gasteiger partial charge in [0.2, 0.25) is 10.0 Å². The zero-order valence-corrected chi connectivity index (χ0v) is 14.9. The summed E-state index contributed by atoms with van der Waals surface area (Å²) < 4.78 is 32.3. The molecule has 1 aromatic heterocycles. The molecule has 0 spiro atoms. The third-order valence-corrected chi connectivity index (χ3v) is 5.46. The summed E-state index contributed by atoms with van der Waals surface area (Å²) >= 11 is 3.51.